The number of nitrogens with zero attached hydrogens (tertiary/aromatic N) is 1. The third kappa shape index (κ3) is 5.54. The second-order valence-electron chi connectivity index (χ2n) is 4.11. The predicted octanol–water partition coefficient (Wildman–Crippen LogP) is -0.911. The second kappa shape index (κ2) is 7.17. The van der Waals surface area contributed by atoms with Gasteiger partial charge < -0.3 is 20.9 Å². The molecule has 1 atom stereocenters. The molecule has 0 saturated carbocycles. The summed E-state index contributed by atoms with van der Waals surface area (Å²) in [4.78, 5) is 2.36. The summed E-state index contributed by atoms with van der Waals surface area (Å²) in [6.45, 7) is 9.86. The summed E-state index contributed by atoms with van der Waals surface area (Å²) in [5.74, 6) is 0. The standard InChI is InChI=1S/C10H24N4/c1-10-9-12-4-3-11-5-7-14(2)8-6-13-10/h10-13H,3-9H2,1-2H3. The van der Waals surface area contributed by atoms with Gasteiger partial charge in [-0.05, 0) is 14.0 Å². The number of hydrogen-bond donors (Lipinski definition) is 3. The summed E-state index contributed by atoms with van der Waals surface area (Å²) >= 11 is 0. The summed E-state index contributed by atoms with van der Waals surface area (Å²) < 4.78 is 0. The van der Waals surface area contributed by atoms with Crippen LogP contribution in [0.1, 0.15) is 6.92 Å². The van der Waals surface area contributed by atoms with E-state index < -0.39 is 0 Å². The number of hydrogen-bond acceptors (Lipinski definition) is 4. The Kier molecular flexibility index (Phi) is 6.10. The Morgan fingerprint density at radius 1 is 1.00 bits per heavy atom. The molecular formula is C10H24N4. The van der Waals surface area contributed by atoms with Crippen LogP contribution in [0, 0.1) is 0 Å². The van der Waals surface area contributed by atoms with Crippen molar-refractivity contribution in [3.8, 4) is 0 Å². The van der Waals surface area contributed by atoms with Crippen LogP contribution in [0.25, 0.3) is 0 Å². The molecule has 0 aromatic carbocycles. The van der Waals surface area contributed by atoms with Crippen molar-refractivity contribution in [3.05, 3.63) is 0 Å². The van der Waals surface area contributed by atoms with Gasteiger partial charge in [-0.25, -0.2) is 0 Å². The van der Waals surface area contributed by atoms with Crippen LogP contribution in [-0.4, -0.2) is 63.8 Å². The Morgan fingerprint density at radius 2 is 1.71 bits per heavy atom. The lowest BCUT2D eigenvalue weighted by Crippen LogP contribution is -2.44. The molecule has 1 unspecified atom stereocenters. The molecule has 3 N–H and O–H groups in total. The molecular weight excluding hydrogens is 176 g/mol. The quantitative estimate of drug-likeness (QED) is 0.473. The van der Waals surface area contributed by atoms with E-state index in [2.05, 4.69) is 34.8 Å². The summed E-state index contributed by atoms with van der Waals surface area (Å²) in [6, 6.07) is 0.572. The molecule has 84 valence electrons. The molecule has 1 aliphatic heterocycles. The molecule has 14 heavy (non-hydrogen) atoms. The molecule has 1 heterocycles. The third-order valence-electron chi connectivity index (χ3n) is 2.59. The van der Waals surface area contributed by atoms with E-state index in [1.165, 1.54) is 0 Å². The van der Waals surface area contributed by atoms with Gasteiger partial charge in [0.25, 0.3) is 0 Å². The Bertz CT molecular complexity index is 126. The van der Waals surface area contributed by atoms with Crippen molar-refractivity contribution in [2.24, 2.45) is 0 Å². The van der Waals surface area contributed by atoms with Crippen molar-refractivity contribution in [2.75, 3.05) is 52.9 Å². The van der Waals surface area contributed by atoms with Crippen LogP contribution in [0.5, 0.6) is 0 Å². The highest BCUT2D eigenvalue weighted by Gasteiger charge is 2.03. The van der Waals surface area contributed by atoms with Crippen molar-refractivity contribution in [1.29, 1.82) is 0 Å². The molecule has 4 nitrogen and oxygen atoms in total. The van der Waals surface area contributed by atoms with Gasteiger partial charge in [0.15, 0.2) is 0 Å². The normalized spacial score (nSPS) is 29.1. The molecule has 1 saturated heterocycles. The maximum atomic E-state index is 3.51. The minimum Gasteiger partial charge on any atom is -0.314 e. The minimum atomic E-state index is 0.572. The minimum absolute atomic E-state index is 0.572. The largest absolute Gasteiger partial charge is 0.314 e. The van der Waals surface area contributed by atoms with Gasteiger partial charge in [0, 0.05) is 51.9 Å². The Labute approximate surface area is 87.4 Å². The zero-order valence-electron chi connectivity index (χ0n) is 9.47. The monoisotopic (exact) mass is 200 g/mol. The van der Waals surface area contributed by atoms with E-state index in [9.17, 15) is 0 Å². The first-order valence-electron chi connectivity index (χ1n) is 5.62. The van der Waals surface area contributed by atoms with Gasteiger partial charge in [-0.1, -0.05) is 0 Å². The Morgan fingerprint density at radius 3 is 2.57 bits per heavy atom. The van der Waals surface area contributed by atoms with Crippen LogP contribution in [0.4, 0.5) is 0 Å². The smallest absolute Gasteiger partial charge is 0.0164 e. The molecule has 0 bridgehead atoms. The summed E-state index contributed by atoms with van der Waals surface area (Å²) in [5, 5.41) is 10.4. The van der Waals surface area contributed by atoms with Crippen molar-refractivity contribution in [2.45, 2.75) is 13.0 Å². The van der Waals surface area contributed by atoms with Crippen LogP contribution < -0.4 is 16.0 Å². The van der Waals surface area contributed by atoms with Crippen LogP contribution in [0.2, 0.25) is 0 Å². The average Bonchev–Trinajstić information content (AvgIpc) is 2.14. The summed E-state index contributed by atoms with van der Waals surface area (Å²) in [6.07, 6.45) is 0. The summed E-state index contributed by atoms with van der Waals surface area (Å²) in [7, 11) is 2.18. The highest BCUT2D eigenvalue weighted by atomic mass is 15.1. The van der Waals surface area contributed by atoms with Gasteiger partial charge in [0.2, 0.25) is 0 Å². The SMILES string of the molecule is CC1CNCCNCCN(C)CCN1. The van der Waals surface area contributed by atoms with Gasteiger partial charge >= 0.3 is 0 Å². The third-order valence-corrected chi connectivity index (χ3v) is 2.59. The number of rotatable bonds is 0. The molecule has 0 aliphatic carbocycles. The Hall–Kier alpha value is -0.160. The van der Waals surface area contributed by atoms with Crippen LogP contribution in [0.15, 0.2) is 0 Å². The molecule has 1 fully saturated rings. The maximum absolute atomic E-state index is 3.51. The molecule has 0 aromatic heterocycles. The van der Waals surface area contributed by atoms with Crippen molar-refractivity contribution < 1.29 is 0 Å². The summed E-state index contributed by atoms with van der Waals surface area (Å²) in [5.41, 5.74) is 0. The van der Waals surface area contributed by atoms with Gasteiger partial charge in [-0.15, -0.1) is 0 Å². The van der Waals surface area contributed by atoms with E-state index in [-0.39, 0.29) is 0 Å². The molecule has 1 rings (SSSR count). The van der Waals surface area contributed by atoms with Gasteiger partial charge in [0.05, 0.1) is 0 Å². The fourth-order valence-corrected chi connectivity index (χ4v) is 1.58. The first-order valence-corrected chi connectivity index (χ1v) is 5.62. The lowest BCUT2D eigenvalue weighted by molar-refractivity contribution is 0.317. The molecule has 0 radical (unpaired) electrons. The first kappa shape index (κ1) is 11.9. The van der Waals surface area contributed by atoms with Gasteiger partial charge in [0.1, 0.15) is 0 Å². The van der Waals surface area contributed by atoms with Crippen molar-refractivity contribution in [3.63, 3.8) is 0 Å². The number of likely N-dealkylation sites (N-methyl/N-ethyl adjacent to an activating group) is 1. The second-order valence-corrected chi connectivity index (χ2v) is 4.11. The van der Waals surface area contributed by atoms with Gasteiger partial charge in [-0.3, -0.25) is 0 Å². The zero-order valence-corrected chi connectivity index (χ0v) is 9.47. The highest BCUT2D eigenvalue weighted by molar-refractivity contribution is 4.67. The van der Waals surface area contributed by atoms with E-state index in [0.717, 1.165) is 45.8 Å². The maximum Gasteiger partial charge on any atom is 0.0164 e. The van der Waals surface area contributed by atoms with Crippen LogP contribution in [-0.2, 0) is 0 Å². The predicted molar refractivity (Wildman–Crippen MR) is 60.7 cm³/mol. The van der Waals surface area contributed by atoms with Gasteiger partial charge in [-0.2, -0.15) is 0 Å². The molecule has 0 spiro atoms. The molecule has 0 amide bonds. The fourth-order valence-electron chi connectivity index (χ4n) is 1.58. The lowest BCUT2D eigenvalue weighted by atomic mass is 10.3. The van der Waals surface area contributed by atoms with E-state index in [1.807, 2.05) is 0 Å². The molecule has 0 aromatic rings. The van der Waals surface area contributed by atoms with Crippen molar-refractivity contribution >= 4 is 0 Å². The van der Waals surface area contributed by atoms with E-state index in [1.54, 1.807) is 0 Å². The fraction of sp³-hybridized carbons (Fsp3) is 1.00. The van der Waals surface area contributed by atoms with Crippen LogP contribution >= 0.6 is 0 Å². The van der Waals surface area contributed by atoms with E-state index >= 15 is 0 Å². The van der Waals surface area contributed by atoms with E-state index in [0.29, 0.717) is 6.04 Å². The lowest BCUT2D eigenvalue weighted by Gasteiger charge is -2.21. The van der Waals surface area contributed by atoms with E-state index in [4.69, 9.17) is 0 Å². The topological polar surface area (TPSA) is 39.3 Å². The average molecular weight is 200 g/mol. The van der Waals surface area contributed by atoms with Crippen molar-refractivity contribution in [1.82, 2.24) is 20.9 Å². The van der Waals surface area contributed by atoms with Crippen LogP contribution in [0.3, 0.4) is 0 Å². The first-order chi connectivity index (χ1) is 6.79. The number of nitrogens with one attached hydrogen (secondary N) is 3. The molecule has 1 aliphatic rings. The highest BCUT2D eigenvalue weighted by Crippen LogP contribution is 1.83. The molecule has 4 heteroatoms. The zero-order chi connectivity index (χ0) is 10.2. The Balaban J connectivity index is 2.21.